The van der Waals surface area contributed by atoms with Crippen LogP contribution in [0.3, 0.4) is 0 Å². The summed E-state index contributed by atoms with van der Waals surface area (Å²) in [6.45, 7) is 10.5. The Morgan fingerprint density at radius 2 is 1.97 bits per heavy atom. The van der Waals surface area contributed by atoms with E-state index in [1.807, 2.05) is 44.7 Å². The summed E-state index contributed by atoms with van der Waals surface area (Å²) in [6.07, 6.45) is 4.99. The molecule has 2 aliphatic rings. The third-order valence-electron chi connectivity index (χ3n) is 5.79. The Morgan fingerprint density at radius 1 is 1.22 bits per heavy atom. The third-order valence-corrected chi connectivity index (χ3v) is 6.07. The largest absolute Gasteiger partial charge is 0.487 e. The number of benzene rings is 1. The second-order valence-electron chi connectivity index (χ2n) is 9.33. The number of aryl methyl sites for hydroxylation is 1. The minimum atomic E-state index is -0.476. The molecule has 1 aromatic carbocycles. The van der Waals surface area contributed by atoms with Crippen LogP contribution in [-0.4, -0.2) is 53.9 Å². The second-order valence-corrected chi connectivity index (χ2v) is 9.74. The van der Waals surface area contributed by atoms with Gasteiger partial charge >= 0.3 is 6.09 Å². The molecule has 32 heavy (non-hydrogen) atoms. The molecule has 1 saturated heterocycles. The van der Waals surface area contributed by atoms with Crippen LogP contribution in [0.15, 0.2) is 30.6 Å². The van der Waals surface area contributed by atoms with Crippen LogP contribution in [0.5, 0.6) is 5.75 Å². The minimum absolute atomic E-state index is 0.227. The van der Waals surface area contributed by atoms with Crippen molar-refractivity contribution in [3.8, 4) is 5.75 Å². The van der Waals surface area contributed by atoms with Crippen LogP contribution in [0.1, 0.15) is 39.2 Å². The maximum absolute atomic E-state index is 12.4. The predicted octanol–water partition coefficient (Wildman–Crippen LogP) is 5.39. The lowest BCUT2D eigenvalue weighted by Crippen LogP contribution is -2.50. The molecule has 2 aliphatic heterocycles. The van der Waals surface area contributed by atoms with Crippen molar-refractivity contribution < 1.29 is 14.3 Å². The van der Waals surface area contributed by atoms with Crippen molar-refractivity contribution in [1.29, 1.82) is 0 Å². The number of nitrogens with zero attached hydrogens (tertiary/aromatic N) is 3. The van der Waals surface area contributed by atoms with Crippen LogP contribution in [0.2, 0.25) is 5.02 Å². The van der Waals surface area contributed by atoms with Crippen LogP contribution in [-0.2, 0) is 4.74 Å². The molecule has 1 amide bonds. The molecule has 0 saturated carbocycles. The summed E-state index contributed by atoms with van der Waals surface area (Å²) in [5.74, 6) is 0.834. The van der Waals surface area contributed by atoms with Crippen molar-refractivity contribution in [2.24, 2.45) is 0 Å². The summed E-state index contributed by atoms with van der Waals surface area (Å²) in [4.78, 5) is 20.8. The van der Waals surface area contributed by atoms with Crippen molar-refractivity contribution in [2.75, 3.05) is 36.5 Å². The maximum Gasteiger partial charge on any atom is 0.410 e. The number of hydrogen-bond donors (Lipinski definition) is 1. The van der Waals surface area contributed by atoms with E-state index in [1.54, 1.807) is 12.4 Å². The Bertz CT molecular complexity index is 963. The molecular formula is C24H31ClN4O3. The first-order chi connectivity index (χ1) is 15.2. The number of fused-ring (bicyclic) bond motifs is 1. The Morgan fingerprint density at radius 3 is 2.66 bits per heavy atom. The molecule has 7 nitrogen and oxygen atoms in total. The number of rotatable bonds is 3. The average molecular weight is 459 g/mol. The summed E-state index contributed by atoms with van der Waals surface area (Å²) in [5, 5.41) is 4.02. The van der Waals surface area contributed by atoms with Crippen LogP contribution < -0.4 is 15.0 Å². The van der Waals surface area contributed by atoms with Gasteiger partial charge in [0.25, 0.3) is 0 Å². The van der Waals surface area contributed by atoms with E-state index < -0.39 is 5.60 Å². The maximum atomic E-state index is 12.4. The van der Waals surface area contributed by atoms with Gasteiger partial charge in [-0.1, -0.05) is 17.7 Å². The lowest BCUT2D eigenvalue weighted by Gasteiger charge is -2.42. The molecule has 4 rings (SSSR count). The Balaban J connectivity index is 1.49. The molecule has 0 spiro atoms. The van der Waals surface area contributed by atoms with E-state index in [2.05, 4.69) is 21.3 Å². The summed E-state index contributed by atoms with van der Waals surface area (Å²) in [6, 6.07) is 6.48. The van der Waals surface area contributed by atoms with Gasteiger partial charge < -0.3 is 24.6 Å². The number of anilines is 3. The van der Waals surface area contributed by atoms with Crippen molar-refractivity contribution in [1.82, 2.24) is 9.88 Å². The molecule has 1 fully saturated rings. The number of halogens is 1. The molecule has 1 N–H and O–H groups in total. The monoisotopic (exact) mass is 458 g/mol. The second kappa shape index (κ2) is 9.06. The highest BCUT2D eigenvalue weighted by Gasteiger charge is 2.32. The number of carbonyl (C=O) groups is 1. The van der Waals surface area contributed by atoms with E-state index in [0.29, 0.717) is 30.8 Å². The van der Waals surface area contributed by atoms with Gasteiger partial charge in [0.1, 0.15) is 12.2 Å². The third kappa shape index (κ3) is 4.88. The van der Waals surface area contributed by atoms with Gasteiger partial charge in [0.15, 0.2) is 5.75 Å². The Labute approximate surface area is 194 Å². The highest BCUT2D eigenvalue weighted by Crippen LogP contribution is 2.42. The van der Waals surface area contributed by atoms with E-state index in [0.717, 1.165) is 47.8 Å². The van der Waals surface area contributed by atoms with Crippen molar-refractivity contribution in [3.63, 3.8) is 0 Å². The van der Waals surface area contributed by atoms with Crippen molar-refractivity contribution in [2.45, 2.75) is 52.2 Å². The topological polar surface area (TPSA) is 66.9 Å². The molecule has 1 aromatic heterocycles. The molecule has 3 heterocycles. The molecule has 0 atom stereocenters. The molecular weight excluding hydrogens is 428 g/mol. The zero-order valence-electron chi connectivity index (χ0n) is 19.2. The lowest BCUT2D eigenvalue weighted by atomic mass is 10.0. The number of likely N-dealkylation sites (tertiary alicyclic amines) is 1. The van der Waals surface area contributed by atoms with Crippen LogP contribution >= 0.6 is 11.6 Å². The number of para-hydroxylation sites is 1. The molecule has 0 radical (unpaired) electrons. The van der Waals surface area contributed by atoms with Gasteiger partial charge in [0, 0.05) is 31.5 Å². The highest BCUT2D eigenvalue weighted by molar-refractivity contribution is 6.33. The van der Waals surface area contributed by atoms with Gasteiger partial charge in [-0.25, -0.2) is 4.79 Å². The van der Waals surface area contributed by atoms with E-state index in [-0.39, 0.29) is 6.09 Å². The fraction of sp³-hybridized carbons (Fsp3) is 0.500. The first kappa shape index (κ1) is 22.5. The number of piperidine rings is 1. The van der Waals surface area contributed by atoms with Crippen LogP contribution in [0.25, 0.3) is 0 Å². The minimum Gasteiger partial charge on any atom is -0.487 e. The number of pyridine rings is 1. The fourth-order valence-corrected chi connectivity index (χ4v) is 4.51. The zero-order chi connectivity index (χ0) is 22.9. The van der Waals surface area contributed by atoms with Gasteiger partial charge in [-0.05, 0) is 58.2 Å². The van der Waals surface area contributed by atoms with E-state index in [9.17, 15) is 4.79 Å². The number of amides is 1. The van der Waals surface area contributed by atoms with Crippen LogP contribution in [0.4, 0.5) is 21.9 Å². The number of carbonyl (C=O) groups excluding carboxylic acids is 1. The Kier molecular flexibility index (Phi) is 6.38. The highest BCUT2D eigenvalue weighted by atomic mass is 35.5. The molecule has 8 heteroatoms. The number of ether oxygens (including phenoxy) is 2. The van der Waals surface area contributed by atoms with E-state index >= 15 is 0 Å². The van der Waals surface area contributed by atoms with Gasteiger partial charge in [-0.15, -0.1) is 0 Å². The van der Waals surface area contributed by atoms with Crippen LogP contribution in [0, 0.1) is 6.92 Å². The number of hydrogen-bond acceptors (Lipinski definition) is 6. The molecule has 172 valence electrons. The number of nitrogens with one attached hydrogen (secondary N) is 1. The molecule has 0 unspecified atom stereocenters. The lowest BCUT2D eigenvalue weighted by molar-refractivity contribution is 0.0203. The smallest absolute Gasteiger partial charge is 0.410 e. The van der Waals surface area contributed by atoms with Crippen molar-refractivity contribution >= 4 is 34.8 Å². The first-order valence-corrected chi connectivity index (χ1v) is 11.5. The predicted molar refractivity (Wildman–Crippen MR) is 127 cm³/mol. The van der Waals surface area contributed by atoms with Gasteiger partial charge in [-0.3, -0.25) is 4.98 Å². The normalized spacial score (nSPS) is 16.9. The summed E-state index contributed by atoms with van der Waals surface area (Å²) in [5.41, 5.74) is 3.28. The first-order valence-electron chi connectivity index (χ1n) is 11.1. The SMILES string of the molecule is Cc1cncc(Cl)c1Nc1cccc2c1OCCN2C1CCN(C(=O)OC(C)(C)C)CC1. The van der Waals surface area contributed by atoms with E-state index in [1.165, 1.54) is 0 Å². The zero-order valence-corrected chi connectivity index (χ0v) is 19.9. The van der Waals surface area contributed by atoms with Gasteiger partial charge in [0.2, 0.25) is 0 Å². The Hall–Kier alpha value is -2.67. The van der Waals surface area contributed by atoms with E-state index in [4.69, 9.17) is 21.1 Å². The quantitative estimate of drug-likeness (QED) is 0.665. The summed E-state index contributed by atoms with van der Waals surface area (Å²) >= 11 is 6.37. The van der Waals surface area contributed by atoms with Gasteiger partial charge in [-0.2, -0.15) is 0 Å². The average Bonchev–Trinajstić information content (AvgIpc) is 2.75. The molecule has 0 bridgehead atoms. The molecule has 0 aliphatic carbocycles. The van der Waals surface area contributed by atoms with Crippen molar-refractivity contribution in [3.05, 3.63) is 41.2 Å². The standard InChI is InChI=1S/C24H31ClN4O3/c1-16-14-26-15-18(25)21(16)27-19-6-5-7-20-22(19)31-13-12-29(20)17-8-10-28(11-9-17)23(30)32-24(2,3)4/h5-7,14-15,17H,8-13H2,1-4H3,(H,26,27). The summed E-state index contributed by atoms with van der Waals surface area (Å²) in [7, 11) is 0. The molecule has 2 aromatic rings. The fourth-order valence-electron chi connectivity index (χ4n) is 4.26. The number of aromatic nitrogens is 1. The van der Waals surface area contributed by atoms with Gasteiger partial charge in [0.05, 0.1) is 28.6 Å². The summed E-state index contributed by atoms with van der Waals surface area (Å²) < 4.78 is 11.6.